The summed E-state index contributed by atoms with van der Waals surface area (Å²) in [5.41, 5.74) is 4.55. The van der Waals surface area contributed by atoms with E-state index < -0.39 is 0 Å². The highest BCUT2D eigenvalue weighted by molar-refractivity contribution is 5.45. The molecule has 0 N–H and O–H groups in total. The van der Waals surface area contributed by atoms with E-state index in [0.29, 0.717) is 0 Å². The lowest BCUT2D eigenvalue weighted by Crippen LogP contribution is -2.54. The van der Waals surface area contributed by atoms with Crippen molar-refractivity contribution in [2.24, 2.45) is 0 Å². The topological polar surface area (TPSA) is 0 Å². The molecule has 1 nitrogen and oxygen atoms in total. The quantitative estimate of drug-likeness (QED) is 0.717. The highest BCUT2D eigenvalue weighted by Gasteiger charge is 2.50. The molecule has 19 heavy (non-hydrogen) atoms. The van der Waals surface area contributed by atoms with Crippen molar-refractivity contribution >= 4 is 0 Å². The molecule has 0 saturated heterocycles. The number of fused-ring (bicyclic) bond motifs is 1. The first-order valence-corrected chi connectivity index (χ1v) is 7.01. The van der Waals surface area contributed by atoms with E-state index in [-0.39, 0.29) is 5.54 Å². The van der Waals surface area contributed by atoms with Crippen LogP contribution in [-0.2, 0) is 12.0 Å². The second-order valence-corrected chi connectivity index (χ2v) is 6.40. The summed E-state index contributed by atoms with van der Waals surface area (Å²) < 4.78 is 0.939. The zero-order valence-electron chi connectivity index (χ0n) is 12.1. The summed E-state index contributed by atoms with van der Waals surface area (Å²) in [4.78, 5) is 0. The Hall–Kier alpha value is -1.60. The summed E-state index contributed by atoms with van der Waals surface area (Å²) in [6, 6.07) is 19.9. The van der Waals surface area contributed by atoms with Gasteiger partial charge in [0.15, 0.2) is 5.54 Å². The van der Waals surface area contributed by atoms with E-state index in [1.54, 1.807) is 0 Å². The largest absolute Gasteiger partial charge is 0.318 e. The van der Waals surface area contributed by atoms with Gasteiger partial charge in [-0.3, -0.25) is 0 Å². The normalized spacial score (nSPS) is 22.3. The lowest BCUT2D eigenvalue weighted by Gasteiger charge is -2.45. The third-order valence-electron chi connectivity index (χ3n) is 4.62. The maximum Gasteiger partial charge on any atom is 0.150 e. The number of aryl methyl sites for hydroxylation is 1. The van der Waals surface area contributed by atoms with Gasteiger partial charge in [-0.05, 0) is 12.0 Å². The summed E-state index contributed by atoms with van der Waals surface area (Å²) in [6.45, 7) is 0. The average molecular weight is 252 g/mol. The Kier molecular flexibility index (Phi) is 2.75. The van der Waals surface area contributed by atoms with E-state index in [0.717, 1.165) is 4.48 Å². The second-order valence-electron chi connectivity index (χ2n) is 6.40. The number of hydrogen-bond donors (Lipinski definition) is 0. The molecule has 0 saturated carbocycles. The molecule has 2 aromatic carbocycles. The summed E-state index contributed by atoms with van der Waals surface area (Å²) in [5, 5.41) is 0. The van der Waals surface area contributed by atoms with Gasteiger partial charge in [-0.25, -0.2) is 0 Å². The van der Waals surface area contributed by atoms with Crippen molar-refractivity contribution < 1.29 is 4.48 Å². The van der Waals surface area contributed by atoms with E-state index in [1.165, 1.54) is 29.5 Å². The molecule has 0 bridgehead atoms. The fraction of sp³-hybridized carbons (Fsp3) is 0.333. The third kappa shape index (κ3) is 1.73. The Morgan fingerprint density at radius 1 is 0.842 bits per heavy atom. The fourth-order valence-corrected chi connectivity index (χ4v) is 3.69. The highest BCUT2D eigenvalue weighted by Crippen LogP contribution is 2.48. The van der Waals surface area contributed by atoms with Crippen molar-refractivity contribution in [3.05, 3.63) is 71.3 Å². The average Bonchev–Trinajstić information content (AvgIpc) is 2.80. The lowest BCUT2D eigenvalue weighted by atomic mass is 9.81. The van der Waals surface area contributed by atoms with Crippen LogP contribution >= 0.6 is 0 Å². The van der Waals surface area contributed by atoms with Crippen LogP contribution in [0.4, 0.5) is 0 Å². The predicted molar refractivity (Wildman–Crippen MR) is 80.0 cm³/mol. The Balaban J connectivity index is 2.27. The molecule has 98 valence electrons. The smallest absolute Gasteiger partial charge is 0.150 e. The Bertz CT molecular complexity index is 580. The van der Waals surface area contributed by atoms with Gasteiger partial charge in [-0.1, -0.05) is 54.6 Å². The van der Waals surface area contributed by atoms with Gasteiger partial charge in [0.1, 0.15) is 0 Å². The number of hydrogen-bond acceptors (Lipinski definition) is 0. The molecule has 0 aliphatic heterocycles. The van der Waals surface area contributed by atoms with Gasteiger partial charge in [-0.2, -0.15) is 0 Å². The van der Waals surface area contributed by atoms with Crippen molar-refractivity contribution in [3.63, 3.8) is 0 Å². The summed E-state index contributed by atoms with van der Waals surface area (Å²) in [6.07, 6.45) is 2.38. The fourth-order valence-electron chi connectivity index (χ4n) is 3.69. The summed E-state index contributed by atoms with van der Waals surface area (Å²) >= 11 is 0. The van der Waals surface area contributed by atoms with Gasteiger partial charge >= 0.3 is 0 Å². The maximum atomic E-state index is 2.32. The van der Waals surface area contributed by atoms with Gasteiger partial charge in [0.2, 0.25) is 0 Å². The van der Waals surface area contributed by atoms with Gasteiger partial charge in [0, 0.05) is 17.5 Å². The minimum atomic E-state index is 0.0951. The van der Waals surface area contributed by atoms with Crippen LogP contribution < -0.4 is 0 Å². The van der Waals surface area contributed by atoms with E-state index in [9.17, 15) is 0 Å². The van der Waals surface area contributed by atoms with Crippen molar-refractivity contribution in [1.82, 2.24) is 0 Å². The van der Waals surface area contributed by atoms with E-state index in [2.05, 4.69) is 75.7 Å². The van der Waals surface area contributed by atoms with Crippen molar-refractivity contribution in [3.8, 4) is 0 Å². The van der Waals surface area contributed by atoms with Crippen LogP contribution in [0.3, 0.4) is 0 Å². The molecule has 0 aromatic heterocycles. The molecule has 2 aromatic rings. The number of quaternary nitrogens is 1. The predicted octanol–water partition coefficient (Wildman–Crippen LogP) is 3.58. The Morgan fingerprint density at radius 3 is 2.16 bits per heavy atom. The van der Waals surface area contributed by atoms with Gasteiger partial charge < -0.3 is 4.48 Å². The molecule has 1 unspecified atom stereocenters. The first kappa shape index (κ1) is 12.4. The van der Waals surface area contributed by atoms with Crippen LogP contribution in [0.15, 0.2) is 54.6 Å². The monoisotopic (exact) mass is 252 g/mol. The molecule has 1 aliphatic carbocycles. The van der Waals surface area contributed by atoms with Crippen molar-refractivity contribution in [1.29, 1.82) is 0 Å². The van der Waals surface area contributed by atoms with E-state index in [1.807, 2.05) is 0 Å². The molecule has 1 heteroatoms. The Morgan fingerprint density at radius 2 is 1.47 bits per heavy atom. The Labute approximate surface area is 116 Å². The molecular weight excluding hydrogens is 230 g/mol. The maximum absolute atomic E-state index is 2.32. The van der Waals surface area contributed by atoms with Gasteiger partial charge in [-0.15, -0.1) is 0 Å². The van der Waals surface area contributed by atoms with Crippen LogP contribution in [-0.4, -0.2) is 25.6 Å². The number of benzene rings is 2. The van der Waals surface area contributed by atoms with Crippen LogP contribution in [0.5, 0.6) is 0 Å². The molecule has 1 atom stereocenters. The summed E-state index contributed by atoms with van der Waals surface area (Å²) in [7, 11) is 6.94. The van der Waals surface area contributed by atoms with E-state index >= 15 is 0 Å². The minimum Gasteiger partial charge on any atom is -0.318 e. The van der Waals surface area contributed by atoms with Crippen LogP contribution in [0.2, 0.25) is 0 Å². The minimum absolute atomic E-state index is 0.0951. The molecule has 0 amide bonds. The standard InChI is InChI=1S/C18H22N/c1-19(2,3)18(16-10-5-4-6-11-16)14-13-15-9-7-8-12-17(15)18/h4-12H,13-14H2,1-3H3/q+1. The lowest BCUT2D eigenvalue weighted by molar-refractivity contribution is -0.924. The number of nitrogens with zero attached hydrogens (tertiary/aromatic N) is 1. The number of rotatable bonds is 2. The third-order valence-corrected chi connectivity index (χ3v) is 4.62. The zero-order chi connectivity index (χ0) is 13.5. The molecule has 3 rings (SSSR count). The zero-order valence-corrected chi connectivity index (χ0v) is 12.1. The second kappa shape index (κ2) is 4.21. The SMILES string of the molecule is C[N+](C)(C)C1(c2ccccc2)CCc2ccccc21. The first-order chi connectivity index (χ1) is 9.06. The van der Waals surface area contributed by atoms with Crippen LogP contribution in [0, 0.1) is 0 Å². The molecule has 0 spiro atoms. The molecule has 0 fully saturated rings. The van der Waals surface area contributed by atoms with Crippen LogP contribution in [0.1, 0.15) is 23.1 Å². The first-order valence-electron chi connectivity index (χ1n) is 7.01. The van der Waals surface area contributed by atoms with Gasteiger partial charge in [0.25, 0.3) is 0 Å². The molecule has 1 aliphatic rings. The van der Waals surface area contributed by atoms with Crippen LogP contribution in [0.25, 0.3) is 0 Å². The van der Waals surface area contributed by atoms with Crippen molar-refractivity contribution in [2.45, 2.75) is 18.4 Å². The molecular formula is C18H22N+. The van der Waals surface area contributed by atoms with E-state index in [4.69, 9.17) is 0 Å². The van der Waals surface area contributed by atoms with Gasteiger partial charge in [0.05, 0.1) is 21.1 Å². The molecule has 0 heterocycles. The highest BCUT2D eigenvalue weighted by atomic mass is 15.3. The summed E-state index contributed by atoms with van der Waals surface area (Å²) in [5.74, 6) is 0. The van der Waals surface area contributed by atoms with Crippen molar-refractivity contribution in [2.75, 3.05) is 21.1 Å². The molecule has 0 radical (unpaired) electrons.